The zero-order valence-electron chi connectivity index (χ0n) is 14.7. The molecule has 0 spiro atoms. The van der Waals surface area contributed by atoms with Crippen molar-refractivity contribution >= 4 is 18.3 Å². The van der Waals surface area contributed by atoms with E-state index in [-0.39, 0.29) is 24.4 Å². The molecule has 1 N–H and O–H groups in total. The highest BCUT2D eigenvalue weighted by Gasteiger charge is 2.31. The summed E-state index contributed by atoms with van der Waals surface area (Å²) in [6.45, 7) is 8.16. The zero-order chi connectivity index (χ0) is 16.2. The molecule has 0 aromatic heterocycles. The molecule has 24 heavy (non-hydrogen) atoms. The zero-order valence-corrected chi connectivity index (χ0v) is 15.5. The number of benzene rings is 1. The summed E-state index contributed by atoms with van der Waals surface area (Å²) >= 11 is 0. The number of ether oxygens (including phenoxy) is 1. The maximum Gasteiger partial charge on any atom is 0.253 e. The van der Waals surface area contributed by atoms with Gasteiger partial charge in [-0.25, -0.2) is 0 Å². The molecule has 1 aromatic carbocycles. The Morgan fingerprint density at radius 3 is 2.33 bits per heavy atom. The molecule has 134 valence electrons. The molecule has 4 nitrogen and oxygen atoms in total. The minimum Gasteiger partial charge on any atom is -0.491 e. The van der Waals surface area contributed by atoms with Crippen LogP contribution >= 0.6 is 12.4 Å². The Kier molecular flexibility index (Phi) is 6.93. The number of rotatable bonds is 4. The summed E-state index contributed by atoms with van der Waals surface area (Å²) < 4.78 is 5.78. The van der Waals surface area contributed by atoms with Gasteiger partial charge < -0.3 is 15.0 Å². The first-order chi connectivity index (χ1) is 11.2. The van der Waals surface area contributed by atoms with Gasteiger partial charge >= 0.3 is 0 Å². The van der Waals surface area contributed by atoms with Crippen LogP contribution in [0, 0.1) is 11.8 Å². The van der Waals surface area contributed by atoms with Crippen LogP contribution in [0.15, 0.2) is 24.3 Å². The quantitative estimate of drug-likeness (QED) is 0.903. The van der Waals surface area contributed by atoms with Gasteiger partial charge in [-0.2, -0.15) is 0 Å². The molecule has 2 aliphatic rings. The van der Waals surface area contributed by atoms with E-state index in [0.717, 1.165) is 68.6 Å². The summed E-state index contributed by atoms with van der Waals surface area (Å²) in [5.74, 6) is 2.50. The third-order valence-electron chi connectivity index (χ3n) is 5.32. The molecule has 3 rings (SSSR count). The molecule has 0 bridgehead atoms. The summed E-state index contributed by atoms with van der Waals surface area (Å²) in [4.78, 5) is 14.8. The van der Waals surface area contributed by atoms with Crippen molar-refractivity contribution in [1.29, 1.82) is 0 Å². The lowest BCUT2D eigenvalue weighted by Gasteiger charge is -2.21. The maximum absolute atomic E-state index is 12.7. The second kappa shape index (κ2) is 8.72. The van der Waals surface area contributed by atoms with Crippen LogP contribution < -0.4 is 10.1 Å². The molecule has 2 aliphatic heterocycles. The average Bonchev–Trinajstić information content (AvgIpc) is 2.93. The van der Waals surface area contributed by atoms with E-state index in [0.29, 0.717) is 0 Å². The van der Waals surface area contributed by atoms with Gasteiger partial charge in [0, 0.05) is 18.7 Å². The van der Waals surface area contributed by atoms with E-state index in [9.17, 15) is 4.79 Å². The average molecular weight is 353 g/mol. The molecule has 0 radical (unpaired) electrons. The minimum absolute atomic E-state index is 0. The van der Waals surface area contributed by atoms with E-state index in [1.165, 1.54) is 0 Å². The Labute approximate surface area is 151 Å². The van der Waals surface area contributed by atoms with Crippen LogP contribution in [-0.4, -0.2) is 43.1 Å². The van der Waals surface area contributed by atoms with Crippen molar-refractivity contribution in [2.24, 2.45) is 11.8 Å². The Morgan fingerprint density at radius 1 is 1.21 bits per heavy atom. The molecule has 0 saturated carbocycles. The molecule has 2 fully saturated rings. The highest BCUT2D eigenvalue weighted by Crippen LogP contribution is 2.28. The molecule has 2 heterocycles. The van der Waals surface area contributed by atoms with Crippen LogP contribution in [-0.2, 0) is 0 Å². The summed E-state index contributed by atoms with van der Waals surface area (Å²) in [5.41, 5.74) is 0.770. The van der Waals surface area contributed by atoms with Gasteiger partial charge in [0.1, 0.15) is 5.75 Å². The van der Waals surface area contributed by atoms with Crippen molar-refractivity contribution < 1.29 is 9.53 Å². The van der Waals surface area contributed by atoms with Gasteiger partial charge in [-0.1, -0.05) is 6.92 Å². The molecular weight excluding hydrogens is 324 g/mol. The van der Waals surface area contributed by atoms with E-state index >= 15 is 0 Å². The highest BCUT2D eigenvalue weighted by atomic mass is 35.5. The number of halogens is 1. The molecule has 5 heteroatoms. The molecule has 2 saturated heterocycles. The van der Waals surface area contributed by atoms with Crippen molar-refractivity contribution in [3.63, 3.8) is 0 Å². The Bertz CT molecular complexity index is 521. The monoisotopic (exact) mass is 352 g/mol. The number of hydrogen-bond donors (Lipinski definition) is 1. The fourth-order valence-electron chi connectivity index (χ4n) is 3.60. The number of nitrogens with one attached hydrogen (secondary N) is 1. The van der Waals surface area contributed by atoms with E-state index in [1.54, 1.807) is 0 Å². The SMILES string of the molecule is CCC(C)Oc1ccc(C(=O)N2CC[C@@H]3CNC[C@@H]3CC2)cc1.Cl. The van der Waals surface area contributed by atoms with Crippen molar-refractivity contribution in [3.8, 4) is 5.75 Å². The van der Waals surface area contributed by atoms with Crippen molar-refractivity contribution in [1.82, 2.24) is 10.2 Å². The molecule has 1 aromatic rings. The van der Waals surface area contributed by atoms with Crippen LogP contribution in [0.3, 0.4) is 0 Å². The van der Waals surface area contributed by atoms with Crippen LogP contribution in [0.4, 0.5) is 0 Å². The fourth-order valence-corrected chi connectivity index (χ4v) is 3.60. The lowest BCUT2D eigenvalue weighted by molar-refractivity contribution is 0.0758. The first kappa shape index (κ1) is 19.1. The van der Waals surface area contributed by atoms with E-state index in [2.05, 4.69) is 19.2 Å². The van der Waals surface area contributed by atoms with E-state index in [1.807, 2.05) is 29.2 Å². The minimum atomic E-state index is 0. The lowest BCUT2D eigenvalue weighted by atomic mass is 9.92. The molecule has 3 atom stereocenters. The van der Waals surface area contributed by atoms with Gasteiger partial charge in [-0.15, -0.1) is 12.4 Å². The molecule has 0 aliphatic carbocycles. The van der Waals surface area contributed by atoms with Gasteiger partial charge in [0.25, 0.3) is 5.91 Å². The Balaban J connectivity index is 0.00000208. The summed E-state index contributed by atoms with van der Waals surface area (Å²) in [6.07, 6.45) is 3.43. The topological polar surface area (TPSA) is 41.6 Å². The predicted octanol–water partition coefficient (Wildman–Crippen LogP) is 3.36. The molecular formula is C19H29ClN2O2. The second-order valence-electron chi connectivity index (χ2n) is 6.91. The van der Waals surface area contributed by atoms with Gasteiger partial charge in [0.2, 0.25) is 0 Å². The lowest BCUT2D eigenvalue weighted by Crippen LogP contribution is -2.32. The smallest absolute Gasteiger partial charge is 0.253 e. The number of likely N-dealkylation sites (tertiary alicyclic amines) is 1. The number of hydrogen-bond acceptors (Lipinski definition) is 3. The standard InChI is InChI=1S/C19H28N2O2.ClH/c1-3-14(2)23-18-6-4-15(5-7-18)19(22)21-10-8-16-12-20-13-17(16)9-11-21;/h4-7,14,16-17,20H,3,8-13H2,1-2H3;1H/t14?,16-,17+;. The Hall–Kier alpha value is -1.26. The van der Waals surface area contributed by atoms with Crippen molar-refractivity contribution in [2.45, 2.75) is 39.2 Å². The van der Waals surface area contributed by atoms with Gasteiger partial charge in [0.15, 0.2) is 0 Å². The van der Waals surface area contributed by atoms with Crippen LogP contribution in [0.2, 0.25) is 0 Å². The number of carbonyl (C=O) groups excluding carboxylic acids is 1. The fraction of sp³-hybridized carbons (Fsp3) is 0.632. The first-order valence-corrected chi connectivity index (χ1v) is 8.94. The van der Waals surface area contributed by atoms with Crippen LogP contribution in [0.1, 0.15) is 43.5 Å². The van der Waals surface area contributed by atoms with Crippen molar-refractivity contribution in [2.75, 3.05) is 26.2 Å². The maximum atomic E-state index is 12.7. The molecule has 1 amide bonds. The first-order valence-electron chi connectivity index (χ1n) is 8.94. The third-order valence-corrected chi connectivity index (χ3v) is 5.32. The number of amides is 1. The Morgan fingerprint density at radius 2 is 1.79 bits per heavy atom. The van der Waals surface area contributed by atoms with Gasteiger partial charge in [-0.3, -0.25) is 4.79 Å². The van der Waals surface area contributed by atoms with Crippen molar-refractivity contribution in [3.05, 3.63) is 29.8 Å². The van der Waals surface area contributed by atoms with Crippen LogP contribution in [0.5, 0.6) is 5.75 Å². The number of carbonyl (C=O) groups is 1. The van der Waals surface area contributed by atoms with Gasteiger partial charge in [-0.05, 0) is 75.4 Å². The summed E-state index contributed by atoms with van der Waals surface area (Å²) in [6, 6.07) is 7.62. The number of nitrogens with zero attached hydrogens (tertiary/aromatic N) is 1. The highest BCUT2D eigenvalue weighted by molar-refractivity contribution is 5.94. The normalized spacial score (nSPS) is 24.5. The second-order valence-corrected chi connectivity index (χ2v) is 6.91. The molecule has 1 unspecified atom stereocenters. The number of fused-ring (bicyclic) bond motifs is 1. The third kappa shape index (κ3) is 4.42. The van der Waals surface area contributed by atoms with E-state index in [4.69, 9.17) is 4.74 Å². The van der Waals surface area contributed by atoms with Gasteiger partial charge in [0.05, 0.1) is 6.10 Å². The predicted molar refractivity (Wildman–Crippen MR) is 99.1 cm³/mol. The summed E-state index contributed by atoms with van der Waals surface area (Å²) in [7, 11) is 0. The summed E-state index contributed by atoms with van der Waals surface area (Å²) in [5, 5.41) is 3.48. The largest absolute Gasteiger partial charge is 0.491 e. The van der Waals surface area contributed by atoms with E-state index < -0.39 is 0 Å². The van der Waals surface area contributed by atoms with Crippen LogP contribution in [0.25, 0.3) is 0 Å².